The molecule has 1 heterocycles. The second-order valence-corrected chi connectivity index (χ2v) is 3.73. The summed E-state index contributed by atoms with van der Waals surface area (Å²) in [5.74, 6) is -0.999. The minimum atomic E-state index is -0.999. The molecule has 7 heteroatoms. The molecule has 2 N–H and O–H groups in total. The Morgan fingerprint density at radius 1 is 1.42 bits per heavy atom. The largest absolute Gasteiger partial charge is 0.480 e. The smallest absolute Gasteiger partial charge is 0.325 e. The summed E-state index contributed by atoms with van der Waals surface area (Å²) in [5.41, 5.74) is 0.435. The SMILES string of the molecule is C=CCN(CC=C)C(=O)Nc1cnn(CC(=O)O)c1. The fourth-order valence-corrected chi connectivity index (χ4v) is 1.41. The third-order valence-corrected chi connectivity index (χ3v) is 2.17. The maximum Gasteiger partial charge on any atom is 0.325 e. The molecule has 0 aliphatic rings. The van der Waals surface area contributed by atoms with Gasteiger partial charge in [0.1, 0.15) is 6.54 Å². The van der Waals surface area contributed by atoms with E-state index >= 15 is 0 Å². The topological polar surface area (TPSA) is 87.5 Å². The van der Waals surface area contributed by atoms with Crippen LogP contribution in [0, 0.1) is 0 Å². The van der Waals surface area contributed by atoms with Gasteiger partial charge in [-0.2, -0.15) is 5.10 Å². The average molecular weight is 264 g/mol. The van der Waals surface area contributed by atoms with Crippen molar-refractivity contribution in [3.8, 4) is 0 Å². The second-order valence-electron chi connectivity index (χ2n) is 3.73. The molecular weight excluding hydrogens is 248 g/mol. The van der Waals surface area contributed by atoms with Crippen molar-refractivity contribution < 1.29 is 14.7 Å². The van der Waals surface area contributed by atoms with Crippen LogP contribution in [-0.2, 0) is 11.3 Å². The first-order valence-corrected chi connectivity index (χ1v) is 5.58. The summed E-state index contributed by atoms with van der Waals surface area (Å²) >= 11 is 0. The van der Waals surface area contributed by atoms with Gasteiger partial charge in [-0.3, -0.25) is 9.48 Å². The van der Waals surface area contributed by atoms with Gasteiger partial charge in [0.25, 0.3) is 0 Å². The summed E-state index contributed by atoms with van der Waals surface area (Å²) in [7, 11) is 0. The van der Waals surface area contributed by atoms with E-state index in [1.165, 1.54) is 22.0 Å². The van der Waals surface area contributed by atoms with Crippen LogP contribution in [0.25, 0.3) is 0 Å². The van der Waals surface area contributed by atoms with Crippen molar-refractivity contribution in [1.82, 2.24) is 14.7 Å². The van der Waals surface area contributed by atoms with Crippen LogP contribution in [0.1, 0.15) is 0 Å². The van der Waals surface area contributed by atoms with Crippen LogP contribution < -0.4 is 5.32 Å². The van der Waals surface area contributed by atoms with Gasteiger partial charge in [-0.1, -0.05) is 12.2 Å². The zero-order valence-corrected chi connectivity index (χ0v) is 10.5. The van der Waals surface area contributed by atoms with Gasteiger partial charge in [0.2, 0.25) is 0 Å². The average Bonchev–Trinajstić information content (AvgIpc) is 2.75. The highest BCUT2D eigenvalue weighted by atomic mass is 16.4. The fourth-order valence-electron chi connectivity index (χ4n) is 1.41. The van der Waals surface area contributed by atoms with Gasteiger partial charge in [-0.05, 0) is 0 Å². The number of aliphatic carboxylic acids is 1. The maximum atomic E-state index is 11.9. The highest BCUT2D eigenvalue weighted by Gasteiger charge is 2.11. The Bertz CT molecular complexity index is 471. The molecular formula is C12H16N4O3. The van der Waals surface area contributed by atoms with E-state index in [2.05, 4.69) is 23.6 Å². The van der Waals surface area contributed by atoms with Crippen molar-refractivity contribution in [3.05, 3.63) is 37.7 Å². The number of hydrogen-bond donors (Lipinski definition) is 2. The van der Waals surface area contributed by atoms with Crippen molar-refractivity contribution in [3.63, 3.8) is 0 Å². The quantitative estimate of drug-likeness (QED) is 0.724. The number of anilines is 1. The van der Waals surface area contributed by atoms with Gasteiger partial charge in [0, 0.05) is 19.3 Å². The molecule has 7 nitrogen and oxygen atoms in total. The van der Waals surface area contributed by atoms with Gasteiger partial charge in [0.15, 0.2) is 0 Å². The molecule has 0 radical (unpaired) electrons. The van der Waals surface area contributed by atoms with Gasteiger partial charge < -0.3 is 15.3 Å². The summed E-state index contributed by atoms with van der Waals surface area (Å²) in [5, 5.41) is 15.1. The molecule has 1 aromatic heterocycles. The summed E-state index contributed by atoms with van der Waals surface area (Å²) < 4.78 is 1.23. The Morgan fingerprint density at radius 2 is 2.05 bits per heavy atom. The number of carboxylic acids is 1. The zero-order chi connectivity index (χ0) is 14.3. The lowest BCUT2D eigenvalue weighted by molar-refractivity contribution is -0.137. The van der Waals surface area contributed by atoms with E-state index in [-0.39, 0.29) is 12.6 Å². The Balaban J connectivity index is 2.64. The molecule has 19 heavy (non-hydrogen) atoms. The minimum Gasteiger partial charge on any atom is -0.480 e. The van der Waals surface area contributed by atoms with E-state index in [4.69, 9.17) is 5.11 Å². The van der Waals surface area contributed by atoms with Gasteiger partial charge >= 0.3 is 12.0 Å². The molecule has 0 aromatic carbocycles. The lowest BCUT2D eigenvalue weighted by Crippen LogP contribution is -2.35. The molecule has 0 spiro atoms. The van der Waals surface area contributed by atoms with E-state index < -0.39 is 5.97 Å². The molecule has 0 saturated carbocycles. The minimum absolute atomic E-state index is 0.251. The molecule has 0 bridgehead atoms. The molecule has 0 aliphatic carbocycles. The number of rotatable bonds is 7. The fraction of sp³-hybridized carbons (Fsp3) is 0.250. The standard InChI is InChI=1S/C12H16N4O3/c1-3-5-15(6-4-2)12(19)14-10-7-13-16(8-10)9-11(17)18/h3-4,7-8H,1-2,5-6,9H2,(H,14,19)(H,17,18). The van der Waals surface area contributed by atoms with E-state index in [1.54, 1.807) is 12.2 Å². The van der Waals surface area contributed by atoms with Crippen molar-refractivity contribution in [2.24, 2.45) is 0 Å². The molecule has 0 unspecified atom stereocenters. The lowest BCUT2D eigenvalue weighted by atomic mass is 10.4. The summed E-state index contributed by atoms with van der Waals surface area (Å²) in [6.07, 6.45) is 6.06. The second kappa shape index (κ2) is 7.00. The van der Waals surface area contributed by atoms with Crippen LogP contribution in [0.15, 0.2) is 37.7 Å². The van der Waals surface area contributed by atoms with Crippen LogP contribution in [0.5, 0.6) is 0 Å². The number of carbonyl (C=O) groups is 2. The molecule has 0 fully saturated rings. The molecule has 1 rings (SSSR count). The van der Waals surface area contributed by atoms with Gasteiger partial charge in [-0.25, -0.2) is 4.79 Å². The maximum absolute atomic E-state index is 11.9. The number of carbonyl (C=O) groups excluding carboxylic acids is 1. The van der Waals surface area contributed by atoms with Crippen molar-refractivity contribution in [2.45, 2.75) is 6.54 Å². The first kappa shape index (κ1) is 14.5. The summed E-state index contributed by atoms with van der Waals surface area (Å²) in [6.45, 7) is 7.67. The summed E-state index contributed by atoms with van der Waals surface area (Å²) in [6, 6.07) is -0.324. The van der Waals surface area contributed by atoms with Crippen LogP contribution in [-0.4, -0.2) is 44.9 Å². The van der Waals surface area contributed by atoms with Crippen LogP contribution in [0.4, 0.5) is 10.5 Å². The third kappa shape index (κ3) is 4.66. The highest BCUT2D eigenvalue weighted by Crippen LogP contribution is 2.06. The number of aromatic nitrogens is 2. The molecule has 1 aromatic rings. The Kier molecular flexibility index (Phi) is 5.34. The van der Waals surface area contributed by atoms with Gasteiger partial charge in [-0.15, -0.1) is 13.2 Å². The van der Waals surface area contributed by atoms with E-state index in [0.717, 1.165) is 0 Å². The lowest BCUT2D eigenvalue weighted by Gasteiger charge is -2.19. The molecule has 102 valence electrons. The monoisotopic (exact) mass is 264 g/mol. The number of hydrogen-bond acceptors (Lipinski definition) is 3. The highest BCUT2D eigenvalue weighted by molar-refractivity contribution is 5.89. The van der Waals surface area contributed by atoms with E-state index in [0.29, 0.717) is 18.8 Å². The van der Waals surface area contributed by atoms with E-state index in [1.807, 2.05) is 0 Å². The predicted octanol–water partition coefficient (Wildman–Crippen LogP) is 1.17. The van der Waals surface area contributed by atoms with Crippen molar-refractivity contribution >= 4 is 17.7 Å². The molecule has 0 saturated heterocycles. The number of carboxylic acid groups (broad SMARTS) is 1. The van der Waals surface area contributed by atoms with Crippen molar-refractivity contribution in [1.29, 1.82) is 0 Å². The normalized spacial score (nSPS) is 9.68. The number of urea groups is 1. The van der Waals surface area contributed by atoms with Gasteiger partial charge in [0.05, 0.1) is 11.9 Å². The molecule has 0 atom stereocenters. The number of nitrogens with zero attached hydrogens (tertiary/aromatic N) is 3. The van der Waals surface area contributed by atoms with Crippen molar-refractivity contribution in [2.75, 3.05) is 18.4 Å². The number of amides is 2. The van der Waals surface area contributed by atoms with E-state index in [9.17, 15) is 9.59 Å². The molecule has 2 amide bonds. The van der Waals surface area contributed by atoms with Crippen LogP contribution in [0.2, 0.25) is 0 Å². The number of nitrogens with one attached hydrogen (secondary N) is 1. The predicted molar refractivity (Wildman–Crippen MR) is 70.8 cm³/mol. The Hall–Kier alpha value is -2.57. The molecule has 0 aliphatic heterocycles. The Morgan fingerprint density at radius 3 is 2.58 bits per heavy atom. The zero-order valence-electron chi connectivity index (χ0n) is 10.5. The van der Waals surface area contributed by atoms with Crippen LogP contribution >= 0.6 is 0 Å². The summed E-state index contributed by atoms with van der Waals surface area (Å²) in [4.78, 5) is 23.9. The third-order valence-electron chi connectivity index (χ3n) is 2.17. The first-order valence-electron chi connectivity index (χ1n) is 5.58. The first-order chi connectivity index (χ1) is 9.06. The van der Waals surface area contributed by atoms with Crippen LogP contribution in [0.3, 0.4) is 0 Å². The Labute approximate surface area is 110 Å².